The molecule has 2 aliphatic rings. The van der Waals surface area contributed by atoms with Gasteiger partial charge in [0, 0.05) is 25.1 Å². The number of benzene rings is 2. The number of ether oxygens (including phenoxy) is 1. The van der Waals surface area contributed by atoms with Gasteiger partial charge in [0.1, 0.15) is 5.75 Å². The van der Waals surface area contributed by atoms with Crippen molar-refractivity contribution in [2.24, 2.45) is 5.41 Å². The van der Waals surface area contributed by atoms with E-state index in [0.29, 0.717) is 44.7 Å². The number of rotatable bonds is 9. The monoisotopic (exact) mass is 486 g/mol. The summed E-state index contributed by atoms with van der Waals surface area (Å²) in [5, 5.41) is 10.7. The number of aromatic hydroxyl groups is 1. The lowest BCUT2D eigenvalue weighted by Gasteiger charge is -2.36. The number of fused-ring (bicyclic) bond motifs is 1. The van der Waals surface area contributed by atoms with E-state index in [1.54, 1.807) is 6.07 Å². The fraction of sp³-hybridized carbons (Fsp3) is 0.500. The Bertz CT molecular complexity index is 1160. The van der Waals surface area contributed by atoms with Crippen LogP contribution in [0.1, 0.15) is 50.7 Å². The first-order valence-corrected chi connectivity index (χ1v) is 13.7. The molecule has 0 aromatic heterocycles. The predicted octanol–water partition coefficient (Wildman–Crippen LogP) is 3.61. The Kier molecular flexibility index (Phi) is 6.77. The normalized spacial score (nSPS) is 20.1. The zero-order valence-corrected chi connectivity index (χ0v) is 21.0. The first kappa shape index (κ1) is 24.7. The first-order chi connectivity index (χ1) is 16.1. The third-order valence-electron chi connectivity index (χ3n) is 7.12. The van der Waals surface area contributed by atoms with E-state index in [2.05, 4.69) is 4.72 Å². The van der Waals surface area contributed by atoms with E-state index in [9.17, 15) is 18.3 Å². The van der Waals surface area contributed by atoms with Crippen LogP contribution >= 0.6 is 0 Å². The maximum absolute atomic E-state index is 12.5. The molecule has 4 rings (SSSR count). The summed E-state index contributed by atoms with van der Waals surface area (Å²) in [5.74, 6) is 0.241. The van der Waals surface area contributed by atoms with E-state index >= 15 is 0 Å². The highest BCUT2D eigenvalue weighted by Gasteiger charge is 2.64. The molecule has 34 heavy (non-hydrogen) atoms. The molecule has 1 aliphatic heterocycles. The maximum Gasteiger partial charge on any atom is 0.222 e. The van der Waals surface area contributed by atoms with Crippen LogP contribution in [0.4, 0.5) is 0 Å². The molecule has 1 atom stereocenters. The average molecular weight is 487 g/mol. The van der Waals surface area contributed by atoms with Crippen LogP contribution in [0.3, 0.4) is 0 Å². The number of hydrogen-bond donors (Lipinski definition) is 2. The number of sulfonamides is 1. The third-order valence-corrected chi connectivity index (χ3v) is 7.79. The second-order valence-corrected chi connectivity index (χ2v) is 11.7. The zero-order chi connectivity index (χ0) is 24.6. The van der Waals surface area contributed by atoms with E-state index in [1.165, 1.54) is 0 Å². The molecule has 7 nitrogen and oxygen atoms in total. The second-order valence-electron chi connectivity index (χ2n) is 9.96. The molecular formula is C26H34N2O5S. The minimum atomic E-state index is -3.58. The van der Waals surface area contributed by atoms with Gasteiger partial charge in [0.2, 0.25) is 15.9 Å². The predicted molar refractivity (Wildman–Crippen MR) is 132 cm³/mol. The highest BCUT2D eigenvalue weighted by Crippen LogP contribution is 2.66. The Morgan fingerprint density at radius 1 is 1.09 bits per heavy atom. The van der Waals surface area contributed by atoms with E-state index in [-0.39, 0.29) is 11.7 Å². The van der Waals surface area contributed by atoms with Crippen LogP contribution in [0.5, 0.6) is 5.75 Å². The van der Waals surface area contributed by atoms with Crippen molar-refractivity contribution in [3.63, 3.8) is 0 Å². The van der Waals surface area contributed by atoms with E-state index in [4.69, 9.17) is 4.74 Å². The van der Waals surface area contributed by atoms with Crippen LogP contribution in [0.2, 0.25) is 0 Å². The van der Waals surface area contributed by atoms with Gasteiger partial charge in [-0.1, -0.05) is 56.7 Å². The quantitative estimate of drug-likeness (QED) is 0.528. The van der Waals surface area contributed by atoms with Gasteiger partial charge >= 0.3 is 0 Å². The largest absolute Gasteiger partial charge is 0.508 e. The van der Waals surface area contributed by atoms with Gasteiger partial charge in [-0.2, -0.15) is 4.72 Å². The third kappa shape index (κ3) is 4.72. The number of unbranched alkanes of at least 4 members (excludes halogenated alkanes) is 1. The lowest BCUT2D eigenvalue weighted by Crippen LogP contribution is -2.46. The van der Waals surface area contributed by atoms with Crippen molar-refractivity contribution in [3.8, 4) is 16.9 Å². The smallest absolute Gasteiger partial charge is 0.222 e. The Hall–Kier alpha value is -2.42. The molecule has 0 radical (unpaired) electrons. The molecule has 1 saturated heterocycles. The summed E-state index contributed by atoms with van der Waals surface area (Å²) in [7, 11) is -3.58. The van der Waals surface area contributed by atoms with E-state index < -0.39 is 21.0 Å². The van der Waals surface area contributed by atoms with Gasteiger partial charge in [-0.15, -0.1) is 0 Å². The number of nitrogens with one attached hydrogen (secondary N) is 1. The van der Waals surface area contributed by atoms with Crippen LogP contribution in [0.15, 0.2) is 42.5 Å². The number of amides is 1. The van der Waals surface area contributed by atoms with Gasteiger partial charge in [0.05, 0.1) is 25.0 Å². The summed E-state index contributed by atoms with van der Waals surface area (Å²) < 4.78 is 33.2. The minimum Gasteiger partial charge on any atom is -0.508 e. The highest BCUT2D eigenvalue weighted by atomic mass is 32.2. The standard InChI is InChI=1S/C26H34N2O5S/c1-25(2,14-8-7-11-22(30)28-15-17-33-18-16-28)26(27-34(3,31)32)23-20(12-13-21(29)24(23)26)19-9-5-4-6-10-19/h4-6,9-10,12-13,27,29H,7-8,11,14-18H2,1-3H3. The molecule has 2 N–H and O–H groups in total. The number of morpholine rings is 1. The number of hydrogen-bond acceptors (Lipinski definition) is 5. The Morgan fingerprint density at radius 3 is 2.41 bits per heavy atom. The summed E-state index contributed by atoms with van der Waals surface area (Å²) in [5.41, 5.74) is 1.85. The molecule has 2 aromatic rings. The van der Waals surface area contributed by atoms with Gasteiger partial charge in [-0.05, 0) is 41.0 Å². The summed E-state index contributed by atoms with van der Waals surface area (Å²) >= 11 is 0. The van der Waals surface area contributed by atoms with Crippen LogP contribution in [0.25, 0.3) is 11.1 Å². The molecule has 0 spiro atoms. The van der Waals surface area contributed by atoms with Crippen molar-refractivity contribution in [1.29, 1.82) is 0 Å². The Balaban J connectivity index is 1.55. The molecule has 8 heteroatoms. The van der Waals surface area contributed by atoms with Gasteiger partial charge < -0.3 is 14.7 Å². The summed E-state index contributed by atoms with van der Waals surface area (Å²) in [6.07, 6.45) is 3.81. The van der Waals surface area contributed by atoms with E-state index in [0.717, 1.165) is 35.8 Å². The fourth-order valence-corrected chi connectivity index (χ4v) is 6.36. The molecular weight excluding hydrogens is 452 g/mol. The molecule has 1 amide bonds. The van der Waals surface area contributed by atoms with Crippen LogP contribution in [-0.2, 0) is 25.1 Å². The molecule has 184 valence electrons. The maximum atomic E-state index is 12.5. The van der Waals surface area contributed by atoms with Gasteiger partial charge in [0.15, 0.2) is 0 Å². The molecule has 1 heterocycles. The Morgan fingerprint density at radius 2 is 1.76 bits per heavy atom. The summed E-state index contributed by atoms with van der Waals surface area (Å²) in [6.45, 7) is 6.52. The van der Waals surface area contributed by atoms with Crippen molar-refractivity contribution in [1.82, 2.24) is 9.62 Å². The van der Waals surface area contributed by atoms with Crippen molar-refractivity contribution < 1.29 is 23.1 Å². The topological polar surface area (TPSA) is 95.9 Å². The molecule has 1 unspecified atom stereocenters. The van der Waals surface area contributed by atoms with Crippen LogP contribution in [-0.4, -0.2) is 56.9 Å². The van der Waals surface area contributed by atoms with E-state index in [1.807, 2.05) is 55.1 Å². The van der Waals surface area contributed by atoms with Crippen molar-refractivity contribution in [3.05, 3.63) is 53.6 Å². The lowest BCUT2D eigenvalue weighted by atomic mass is 9.75. The summed E-state index contributed by atoms with van der Waals surface area (Å²) in [4.78, 5) is 14.3. The van der Waals surface area contributed by atoms with Crippen molar-refractivity contribution in [2.45, 2.75) is 45.1 Å². The number of carbonyl (C=O) groups is 1. The van der Waals surface area contributed by atoms with Crippen molar-refractivity contribution in [2.75, 3.05) is 32.6 Å². The van der Waals surface area contributed by atoms with Gasteiger partial charge in [-0.25, -0.2) is 8.42 Å². The summed E-state index contributed by atoms with van der Waals surface area (Å²) in [6, 6.07) is 13.3. The molecule has 1 fully saturated rings. The molecule has 0 saturated carbocycles. The number of carbonyl (C=O) groups excluding carboxylic acids is 1. The van der Waals surface area contributed by atoms with Gasteiger partial charge in [-0.3, -0.25) is 4.79 Å². The average Bonchev–Trinajstić information content (AvgIpc) is 3.47. The lowest BCUT2D eigenvalue weighted by molar-refractivity contribution is -0.135. The Labute approximate surface area is 202 Å². The second kappa shape index (κ2) is 9.32. The fourth-order valence-electron chi connectivity index (χ4n) is 5.32. The van der Waals surface area contributed by atoms with Gasteiger partial charge in [0.25, 0.3) is 0 Å². The zero-order valence-electron chi connectivity index (χ0n) is 20.1. The van der Waals surface area contributed by atoms with Crippen LogP contribution < -0.4 is 4.72 Å². The molecule has 1 aliphatic carbocycles. The first-order valence-electron chi connectivity index (χ1n) is 11.8. The van der Waals surface area contributed by atoms with Crippen molar-refractivity contribution >= 4 is 15.9 Å². The molecule has 2 aromatic carbocycles. The number of nitrogens with zero attached hydrogens (tertiary/aromatic N) is 1. The SMILES string of the molecule is CC(C)(CCCCC(=O)N1CCOCC1)C1(NS(C)(=O)=O)c2c(O)ccc(-c3ccccc3)c21. The number of phenolic OH excluding ortho intramolecular Hbond substituents is 1. The minimum absolute atomic E-state index is 0.0985. The number of phenols is 1. The highest BCUT2D eigenvalue weighted by molar-refractivity contribution is 7.88. The molecule has 0 bridgehead atoms. The van der Waals surface area contributed by atoms with Crippen LogP contribution in [0, 0.1) is 5.41 Å².